The van der Waals surface area contributed by atoms with Crippen LogP contribution in [0.1, 0.15) is 78.6 Å². The number of unbranched alkanes of at least 4 members (excludes halogenated alkanes) is 1. The van der Waals surface area contributed by atoms with Crippen LogP contribution in [0.2, 0.25) is 0 Å². The summed E-state index contributed by atoms with van der Waals surface area (Å²) in [4.78, 5) is 110. The van der Waals surface area contributed by atoms with E-state index in [1.165, 1.54) is 6.92 Å². The molecule has 7 atom stereocenters. The summed E-state index contributed by atoms with van der Waals surface area (Å²) in [6, 6.07) is -9.66. The molecule has 0 saturated carbocycles. The summed E-state index contributed by atoms with van der Waals surface area (Å²) in [5.74, 6) is -8.61. The van der Waals surface area contributed by atoms with Gasteiger partial charge in [-0.05, 0) is 70.8 Å². The van der Waals surface area contributed by atoms with E-state index in [1.807, 2.05) is 0 Å². The summed E-state index contributed by atoms with van der Waals surface area (Å²) in [5.41, 5.74) is 32.5. The van der Waals surface area contributed by atoms with Gasteiger partial charge in [-0.1, -0.05) is 13.8 Å². The number of aliphatic carboxylic acids is 2. The molecule has 0 aliphatic heterocycles. The number of amides is 6. The molecule has 59 heavy (non-hydrogen) atoms. The molecule has 0 fully saturated rings. The Kier molecular flexibility index (Phi) is 25.7. The van der Waals surface area contributed by atoms with Gasteiger partial charge in [0.2, 0.25) is 35.4 Å². The van der Waals surface area contributed by atoms with Gasteiger partial charge in [0.25, 0.3) is 0 Å². The predicted octanol–water partition coefficient (Wildman–Crippen LogP) is -5.92. The van der Waals surface area contributed by atoms with Crippen molar-refractivity contribution in [2.24, 2.45) is 50.3 Å². The molecule has 0 unspecified atom stereocenters. The highest BCUT2D eigenvalue weighted by Crippen LogP contribution is 2.09. The molecule has 6 amide bonds. The Hall–Kier alpha value is -5.82. The van der Waals surface area contributed by atoms with Crippen molar-refractivity contribution in [3.63, 3.8) is 0 Å². The van der Waals surface area contributed by atoms with Crippen molar-refractivity contribution in [1.82, 2.24) is 31.9 Å². The van der Waals surface area contributed by atoms with Gasteiger partial charge < -0.3 is 81.6 Å². The molecule has 0 aliphatic carbocycles. The van der Waals surface area contributed by atoms with Crippen molar-refractivity contribution in [3.8, 4) is 0 Å². The van der Waals surface area contributed by atoms with E-state index in [-0.39, 0.29) is 76.0 Å². The van der Waals surface area contributed by atoms with E-state index in [0.29, 0.717) is 12.8 Å². The van der Waals surface area contributed by atoms with E-state index in [1.54, 1.807) is 13.8 Å². The molecule has 0 rings (SSSR count). The highest BCUT2D eigenvalue weighted by molar-refractivity contribution is 5.97. The van der Waals surface area contributed by atoms with Crippen LogP contribution in [0, 0.1) is 5.92 Å². The third-order valence-corrected chi connectivity index (χ3v) is 8.36. The lowest BCUT2D eigenvalue weighted by molar-refractivity contribution is -0.142. The van der Waals surface area contributed by atoms with Gasteiger partial charge in [0.15, 0.2) is 11.9 Å². The molecule has 0 spiro atoms. The Morgan fingerprint density at radius 1 is 0.559 bits per heavy atom. The van der Waals surface area contributed by atoms with Gasteiger partial charge in [-0.25, -0.2) is 4.79 Å². The second-order valence-electron chi connectivity index (χ2n) is 14.1. The molecule has 0 aliphatic rings. The maximum absolute atomic E-state index is 13.7. The van der Waals surface area contributed by atoms with Gasteiger partial charge in [-0.15, -0.1) is 0 Å². The summed E-state index contributed by atoms with van der Waals surface area (Å²) in [7, 11) is 0. The third kappa shape index (κ3) is 23.2. The van der Waals surface area contributed by atoms with Crippen LogP contribution in [0.15, 0.2) is 9.98 Å². The Morgan fingerprint density at radius 3 is 1.44 bits per heavy atom. The quantitative estimate of drug-likeness (QED) is 0.0182. The van der Waals surface area contributed by atoms with E-state index < -0.39 is 103 Å². The Balaban J connectivity index is 6.03. The van der Waals surface area contributed by atoms with Crippen molar-refractivity contribution >= 4 is 59.3 Å². The van der Waals surface area contributed by atoms with Gasteiger partial charge in [0.1, 0.15) is 36.3 Å². The number of aliphatic hydroxyl groups excluding tert-OH is 1. The first-order chi connectivity index (χ1) is 27.6. The van der Waals surface area contributed by atoms with Crippen molar-refractivity contribution in [1.29, 1.82) is 0 Å². The number of carboxylic acid groups (broad SMARTS) is 2. The van der Waals surface area contributed by atoms with Gasteiger partial charge in [-0.2, -0.15) is 0 Å². The number of rotatable bonds is 30. The molecule has 0 aromatic rings. The largest absolute Gasteiger partial charge is 0.481 e. The molecule has 25 heteroatoms. The maximum Gasteiger partial charge on any atom is 0.326 e. The number of nitrogens with one attached hydrogen (secondary N) is 6. The number of nitrogens with two attached hydrogens (primary N) is 6. The monoisotopic (exact) mass is 844 g/mol. The van der Waals surface area contributed by atoms with Crippen LogP contribution >= 0.6 is 0 Å². The van der Waals surface area contributed by atoms with E-state index in [2.05, 4.69) is 41.9 Å². The lowest BCUT2D eigenvalue weighted by Gasteiger charge is -2.27. The van der Waals surface area contributed by atoms with Crippen molar-refractivity contribution < 1.29 is 53.7 Å². The fraction of sp³-hybridized carbons (Fsp3) is 0.706. The van der Waals surface area contributed by atoms with Crippen LogP contribution in [-0.2, 0) is 38.4 Å². The molecular weight excluding hydrogens is 780 g/mol. The molecular formula is C34H64N14O11. The highest BCUT2D eigenvalue weighted by Gasteiger charge is 2.33. The average Bonchev–Trinajstić information content (AvgIpc) is 3.14. The minimum absolute atomic E-state index is 0.0101. The second kappa shape index (κ2) is 28.6. The summed E-state index contributed by atoms with van der Waals surface area (Å²) in [5, 5.41) is 43.2. The Labute approximate surface area is 342 Å². The molecule has 0 heterocycles. The van der Waals surface area contributed by atoms with Crippen molar-refractivity contribution in [2.45, 2.75) is 121 Å². The Morgan fingerprint density at radius 2 is 0.983 bits per heavy atom. The number of carboxylic acids is 2. The van der Waals surface area contributed by atoms with E-state index in [9.17, 15) is 48.6 Å². The maximum atomic E-state index is 13.7. The number of hydrogen-bond donors (Lipinski definition) is 15. The Bertz CT molecular complexity index is 1470. The smallest absolute Gasteiger partial charge is 0.326 e. The molecule has 21 N–H and O–H groups in total. The van der Waals surface area contributed by atoms with Gasteiger partial charge in [-0.3, -0.25) is 43.5 Å². The fourth-order valence-electron chi connectivity index (χ4n) is 5.24. The summed E-state index contributed by atoms with van der Waals surface area (Å²) >= 11 is 0. The number of aliphatic imine (C=N–C) groups is 2. The number of hydrogen-bond acceptors (Lipinski definition) is 13. The SMILES string of the molecule is CC(C)C[C@H](NC(=O)[C@H](CCCCN)NC(=O)[C@H](CO)NC(=O)[C@H](CCCN=C(N)N)NC(=O)[C@@H](N)CC(=O)O)C(=O)N[C@@H](C)C(=O)N[C@@H](CCCN=C(N)N)C(=O)O. The van der Waals surface area contributed by atoms with Crippen molar-refractivity contribution in [2.75, 3.05) is 26.2 Å². The predicted molar refractivity (Wildman–Crippen MR) is 214 cm³/mol. The van der Waals surface area contributed by atoms with Crippen LogP contribution in [0.25, 0.3) is 0 Å². The first-order valence-electron chi connectivity index (χ1n) is 19.1. The van der Waals surface area contributed by atoms with Crippen LogP contribution in [0.3, 0.4) is 0 Å². The van der Waals surface area contributed by atoms with Crippen LogP contribution in [-0.4, -0.2) is 143 Å². The second-order valence-corrected chi connectivity index (χ2v) is 14.1. The summed E-state index contributed by atoms with van der Waals surface area (Å²) in [6.07, 6.45) is 0.401. The summed E-state index contributed by atoms with van der Waals surface area (Å²) in [6.45, 7) is 4.33. The standard InChI is InChI=1S/C34H64N14O11/c1-17(2)14-23(30(56)43-18(3)26(52)46-22(32(58)59)10-7-13-42-34(39)40)47-28(54)20(8-4-5-11-35)45-31(57)24(16-49)48-29(55)21(9-6-12-41-33(37)38)44-27(53)19(36)15-25(50)51/h17-24,49H,4-16,35-36H2,1-3H3,(H,43,56)(H,44,53)(H,45,57)(H,46,52)(H,47,54)(H,48,55)(H,50,51)(H,58,59)(H4,37,38,41)(H4,39,40,42)/t18-,19-,20-,21-,22-,23-,24-/m0/s1. The lowest BCUT2D eigenvalue weighted by atomic mass is 10.0. The topological polar surface area (TPSA) is 450 Å². The number of nitrogens with zero attached hydrogens (tertiary/aromatic N) is 2. The molecule has 0 radical (unpaired) electrons. The first-order valence-corrected chi connectivity index (χ1v) is 19.1. The van der Waals surface area contributed by atoms with Crippen LogP contribution in [0.5, 0.6) is 0 Å². The minimum atomic E-state index is -1.66. The van der Waals surface area contributed by atoms with Crippen LogP contribution < -0.4 is 66.3 Å². The minimum Gasteiger partial charge on any atom is -0.481 e. The highest BCUT2D eigenvalue weighted by atomic mass is 16.4. The number of carbonyl (C=O) groups excluding carboxylic acids is 6. The number of aliphatic hydroxyl groups is 1. The van der Waals surface area contributed by atoms with Crippen LogP contribution in [0.4, 0.5) is 0 Å². The number of guanidine groups is 2. The number of carbonyl (C=O) groups is 8. The average molecular weight is 845 g/mol. The molecule has 0 aromatic heterocycles. The molecule has 0 saturated heterocycles. The molecule has 0 aromatic carbocycles. The normalized spacial score (nSPS) is 14.4. The van der Waals surface area contributed by atoms with Gasteiger partial charge in [0.05, 0.1) is 19.1 Å². The van der Waals surface area contributed by atoms with E-state index in [4.69, 9.17) is 39.5 Å². The third-order valence-electron chi connectivity index (χ3n) is 8.36. The molecule has 336 valence electrons. The zero-order valence-corrected chi connectivity index (χ0v) is 33.8. The molecule has 0 bridgehead atoms. The fourth-order valence-corrected chi connectivity index (χ4v) is 5.24. The van der Waals surface area contributed by atoms with Gasteiger partial charge in [0, 0.05) is 13.1 Å². The van der Waals surface area contributed by atoms with E-state index >= 15 is 0 Å². The zero-order valence-electron chi connectivity index (χ0n) is 33.8. The van der Waals surface area contributed by atoms with E-state index in [0.717, 1.165) is 0 Å². The lowest BCUT2D eigenvalue weighted by Crippen LogP contribution is -2.60. The molecule has 25 nitrogen and oxygen atoms in total. The summed E-state index contributed by atoms with van der Waals surface area (Å²) < 4.78 is 0. The zero-order chi connectivity index (χ0) is 45.2. The van der Waals surface area contributed by atoms with Gasteiger partial charge >= 0.3 is 11.9 Å². The first kappa shape index (κ1) is 53.2. The van der Waals surface area contributed by atoms with Crippen molar-refractivity contribution in [3.05, 3.63) is 0 Å².